The Morgan fingerprint density at radius 1 is 1.32 bits per heavy atom. The van der Waals surface area contributed by atoms with Crippen LogP contribution in [-0.4, -0.2) is 26.3 Å². The van der Waals surface area contributed by atoms with Crippen molar-refractivity contribution in [2.24, 2.45) is 0 Å². The maximum atomic E-state index is 12.7. The Balaban J connectivity index is 2.67. The molecule has 0 N–H and O–H groups in total. The SMILES string of the molecule is CCCN(C)S(=O)(=O)c1c(CCl)sc2ccccc12. The van der Waals surface area contributed by atoms with E-state index >= 15 is 0 Å². The van der Waals surface area contributed by atoms with Gasteiger partial charge in [0.15, 0.2) is 0 Å². The van der Waals surface area contributed by atoms with Crippen molar-refractivity contribution < 1.29 is 8.42 Å². The molecule has 2 aromatic rings. The molecule has 0 aliphatic rings. The lowest BCUT2D eigenvalue weighted by Gasteiger charge is -2.16. The normalized spacial score (nSPS) is 12.4. The van der Waals surface area contributed by atoms with Gasteiger partial charge in [-0.25, -0.2) is 12.7 Å². The van der Waals surface area contributed by atoms with Crippen LogP contribution in [0.2, 0.25) is 0 Å². The fourth-order valence-electron chi connectivity index (χ4n) is 2.03. The van der Waals surface area contributed by atoms with Crippen LogP contribution in [0, 0.1) is 0 Å². The molecule has 0 saturated heterocycles. The van der Waals surface area contributed by atoms with Gasteiger partial charge in [-0.05, 0) is 12.5 Å². The molecule has 0 bridgehead atoms. The fraction of sp³-hybridized carbons (Fsp3) is 0.385. The molecule has 0 saturated carbocycles. The summed E-state index contributed by atoms with van der Waals surface area (Å²) in [4.78, 5) is 1.09. The number of hydrogen-bond acceptors (Lipinski definition) is 3. The molecule has 0 aliphatic carbocycles. The Morgan fingerprint density at radius 2 is 2.00 bits per heavy atom. The standard InChI is InChI=1S/C13H16ClNO2S2/c1-3-8-15(2)19(16,17)13-10-6-4-5-7-11(10)18-12(13)9-14/h4-7H,3,8-9H2,1-2H3. The van der Waals surface area contributed by atoms with Gasteiger partial charge in [-0.3, -0.25) is 0 Å². The van der Waals surface area contributed by atoms with Gasteiger partial charge in [0.2, 0.25) is 10.0 Å². The Bertz CT molecular complexity index is 679. The van der Waals surface area contributed by atoms with Gasteiger partial charge in [0.1, 0.15) is 4.90 Å². The number of fused-ring (bicyclic) bond motifs is 1. The molecule has 19 heavy (non-hydrogen) atoms. The molecule has 0 amide bonds. The van der Waals surface area contributed by atoms with Gasteiger partial charge in [0, 0.05) is 28.6 Å². The highest BCUT2D eigenvalue weighted by Crippen LogP contribution is 2.36. The van der Waals surface area contributed by atoms with Crippen LogP contribution in [0.5, 0.6) is 0 Å². The average Bonchev–Trinajstić information content (AvgIpc) is 2.77. The zero-order valence-electron chi connectivity index (χ0n) is 10.9. The van der Waals surface area contributed by atoms with Crippen LogP contribution < -0.4 is 0 Å². The van der Waals surface area contributed by atoms with Crippen LogP contribution in [0.3, 0.4) is 0 Å². The van der Waals surface area contributed by atoms with Gasteiger partial charge in [-0.2, -0.15) is 0 Å². The third-order valence-corrected chi connectivity index (χ3v) is 6.66. The predicted molar refractivity (Wildman–Crippen MR) is 81.5 cm³/mol. The van der Waals surface area contributed by atoms with E-state index in [1.54, 1.807) is 7.05 Å². The minimum atomic E-state index is -3.47. The number of halogens is 1. The number of thiophene rings is 1. The molecule has 0 unspecified atom stereocenters. The lowest BCUT2D eigenvalue weighted by molar-refractivity contribution is 0.469. The molecular formula is C13H16ClNO2S2. The summed E-state index contributed by atoms with van der Waals surface area (Å²) in [6.07, 6.45) is 0.786. The highest BCUT2D eigenvalue weighted by molar-refractivity contribution is 7.89. The highest BCUT2D eigenvalue weighted by atomic mass is 35.5. The summed E-state index contributed by atoms with van der Waals surface area (Å²) in [6, 6.07) is 7.53. The number of alkyl halides is 1. The highest BCUT2D eigenvalue weighted by Gasteiger charge is 2.27. The molecule has 2 rings (SSSR count). The third-order valence-electron chi connectivity index (χ3n) is 2.95. The summed E-state index contributed by atoms with van der Waals surface area (Å²) in [7, 11) is -1.85. The minimum absolute atomic E-state index is 0.216. The number of sulfonamides is 1. The second-order valence-corrected chi connectivity index (χ2v) is 7.70. The topological polar surface area (TPSA) is 37.4 Å². The Labute approximate surface area is 122 Å². The molecule has 0 fully saturated rings. The van der Waals surface area contributed by atoms with Crippen LogP contribution in [0.25, 0.3) is 10.1 Å². The number of nitrogens with zero attached hydrogens (tertiary/aromatic N) is 1. The summed E-state index contributed by atoms with van der Waals surface area (Å²) in [5.41, 5.74) is 0. The summed E-state index contributed by atoms with van der Waals surface area (Å²) < 4.78 is 27.7. The Morgan fingerprint density at radius 3 is 2.63 bits per heavy atom. The molecule has 1 aromatic carbocycles. The minimum Gasteiger partial charge on any atom is -0.207 e. The van der Waals surface area contributed by atoms with Crippen molar-refractivity contribution in [3.8, 4) is 0 Å². The van der Waals surface area contributed by atoms with Gasteiger partial charge in [0.25, 0.3) is 0 Å². The molecule has 3 nitrogen and oxygen atoms in total. The van der Waals surface area contributed by atoms with Crippen molar-refractivity contribution in [2.45, 2.75) is 24.1 Å². The van der Waals surface area contributed by atoms with Crippen LogP contribution in [-0.2, 0) is 15.9 Å². The van der Waals surface area contributed by atoms with Crippen molar-refractivity contribution in [3.63, 3.8) is 0 Å². The number of hydrogen-bond donors (Lipinski definition) is 0. The van der Waals surface area contributed by atoms with E-state index in [9.17, 15) is 8.42 Å². The largest absolute Gasteiger partial charge is 0.244 e. The van der Waals surface area contributed by atoms with Gasteiger partial charge >= 0.3 is 0 Å². The summed E-state index contributed by atoms with van der Waals surface area (Å²) in [6.45, 7) is 2.47. The molecule has 0 aliphatic heterocycles. The first-order valence-corrected chi connectivity index (χ1v) is 8.84. The lowest BCUT2D eigenvalue weighted by atomic mass is 10.2. The lowest BCUT2D eigenvalue weighted by Crippen LogP contribution is -2.28. The zero-order chi connectivity index (χ0) is 14.0. The van der Waals surface area contributed by atoms with Crippen molar-refractivity contribution >= 4 is 43.0 Å². The molecular weight excluding hydrogens is 302 g/mol. The molecule has 6 heteroatoms. The van der Waals surface area contributed by atoms with Gasteiger partial charge < -0.3 is 0 Å². The van der Waals surface area contributed by atoms with E-state index in [0.29, 0.717) is 16.3 Å². The predicted octanol–water partition coefficient (Wildman–Crippen LogP) is 3.67. The molecule has 0 atom stereocenters. The molecule has 0 radical (unpaired) electrons. The molecule has 1 heterocycles. The summed E-state index contributed by atoms with van der Waals surface area (Å²) in [5, 5.41) is 0.770. The number of benzene rings is 1. The van der Waals surface area contributed by atoms with E-state index in [2.05, 4.69) is 0 Å². The van der Waals surface area contributed by atoms with E-state index in [1.807, 2.05) is 31.2 Å². The average molecular weight is 318 g/mol. The van der Waals surface area contributed by atoms with Gasteiger partial charge in [-0.1, -0.05) is 25.1 Å². The van der Waals surface area contributed by atoms with E-state index < -0.39 is 10.0 Å². The van der Waals surface area contributed by atoms with Crippen LogP contribution in [0.1, 0.15) is 18.2 Å². The van der Waals surface area contributed by atoms with Crippen molar-refractivity contribution in [3.05, 3.63) is 29.1 Å². The number of rotatable bonds is 5. The van der Waals surface area contributed by atoms with E-state index in [-0.39, 0.29) is 5.88 Å². The monoisotopic (exact) mass is 317 g/mol. The first kappa shape index (κ1) is 14.8. The van der Waals surface area contributed by atoms with Crippen LogP contribution >= 0.6 is 22.9 Å². The second kappa shape index (κ2) is 5.79. The molecule has 104 valence electrons. The van der Waals surface area contributed by atoms with Crippen LogP contribution in [0.4, 0.5) is 0 Å². The Kier molecular flexibility index (Phi) is 4.50. The van der Waals surface area contributed by atoms with Crippen LogP contribution in [0.15, 0.2) is 29.2 Å². The summed E-state index contributed by atoms with van der Waals surface area (Å²) >= 11 is 7.37. The second-order valence-electron chi connectivity index (χ2n) is 4.31. The van der Waals surface area contributed by atoms with Crippen molar-refractivity contribution in [2.75, 3.05) is 13.6 Å². The molecule has 1 aromatic heterocycles. The first-order chi connectivity index (χ1) is 9.02. The zero-order valence-corrected chi connectivity index (χ0v) is 13.3. The quantitative estimate of drug-likeness (QED) is 0.789. The van der Waals surface area contributed by atoms with Crippen molar-refractivity contribution in [1.29, 1.82) is 0 Å². The summed E-state index contributed by atoms with van der Waals surface area (Å²) in [5.74, 6) is 0.216. The molecule has 0 spiro atoms. The van der Waals surface area contributed by atoms with E-state index in [4.69, 9.17) is 11.6 Å². The van der Waals surface area contributed by atoms with E-state index in [1.165, 1.54) is 15.6 Å². The fourth-order valence-corrected chi connectivity index (χ4v) is 5.42. The third kappa shape index (κ3) is 2.65. The maximum absolute atomic E-state index is 12.7. The Hall–Kier alpha value is -0.620. The van der Waals surface area contributed by atoms with Gasteiger partial charge in [-0.15, -0.1) is 22.9 Å². The van der Waals surface area contributed by atoms with E-state index in [0.717, 1.165) is 16.5 Å². The maximum Gasteiger partial charge on any atom is 0.244 e. The smallest absolute Gasteiger partial charge is 0.207 e. The van der Waals surface area contributed by atoms with Crippen molar-refractivity contribution in [1.82, 2.24) is 4.31 Å². The first-order valence-electron chi connectivity index (χ1n) is 6.05. The van der Waals surface area contributed by atoms with Gasteiger partial charge in [0.05, 0.1) is 5.88 Å².